The van der Waals surface area contributed by atoms with Crippen LogP contribution < -0.4 is 0 Å². The van der Waals surface area contributed by atoms with Gasteiger partial charge in [0.2, 0.25) is 0 Å². The third-order valence-corrected chi connectivity index (χ3v) is 3.19. The average Bonchev–Trinajstić information content (AvgIpc) is 2.80. The highest BCUT2D eigenvalue weighted by molar-refractivity contribution is 6.30. The Hall–Kier alpha value is -1.39. The third kappa shape index (κ3) is 3.33. The molecule has 1 heterocycles. The molecule has 0 bridgehead atoms. The van der Waals surface area contributed by atoms with E-state index in [2.05, 4.69) is 11.9 Å². The molecule has 3 nitrogen and oxygen atoms in total. The summed E-state index contributed by atoms with van der Waals surface area (Å²) < 4.78 is 15.6. The predicted molar refractivity (Wildman–Crippen MR) is 72.6 cm³/mol. The smallest absolute Gasteiger partial charge is 0.129 e. The van der Waals surface area contributed by atoms with Crippen LogP contribution in [0.1, 0.15) is 30.8 Å². The van der Waals surface area contributed by atoms with E-state index in [1.54, 1.807) is 6.20 Å². The standard InChI is InChI=1S/C14H16ClFN2O/c1-2-6-18-7-5-17-14(18)9-13(19)11-8-10(15)3-4-12(11)16/h3-5,7-8,13,19H,2,6,9H2,1H3. The first-order chi connectivity index (χ1) is 9.11. The molecule has 1 unspecified atom stereocenters. The van der Waals surface area contributed by atoms with Crippen molar-refractivity contribution in [1.82, 2.24) is 9.55 Å². The van der Waals surface area contributed by atoms with Crippen LogP contribution >= 0.6 is 11.6 Å². The van der Waals surface area contributed by atoms with Gasteiger partial charge in [0.15, 0.2) is 0 Å². The number of benzene rings is 1. The van der Waals surface area contributed by atoms with E-state index in [1.807, 2.05) is 10.8 Å². The minimum absolute atomic E-state index is 0.207. The molecule has 0 radical (unpaired) electrons. The van der Waals surface area contributed by atoms with Crippen molar-refractivity contribution in [3.63, 3.8) is 0 Å². The molecule has 0 fully saturated rings. The lowest BCUT2D eigenvalue weighted by molar-refractivity contribution is 0.169. The van der Waals surface area contributed by atoms with Crippen molar-refractivity contribution in [2.45, 2.75) is 32.4 Å². The molecule has 0 aliphatic rings. The van der Waals surface area contributed by atoms with Crippen molar-refractivity contribution in [1.29, 1.82) is 0 Å². The molecule has 1 N–H and O–H groups in total. The summed E-state index contributed by atoms with van der Waals surface area (Å²) in [6, 6.07) is 4.18. The molecular weight excluding hydrogens is 267 g/mol. The van der Waals surface area contributed by atoms with Gasteiger partial charge in [0, 0.05) is 35.9 Å². The first-order valence-electron chi connectivity index (χ1n) is 6.24. The Labute approximate surface area is 116 Å². The van der Waals surface area contributed by atoms with Crippen molar-refractivity contribution < 1.29 is 9.50 Å². The summed E-state index contributed by atoms with van der Waals surface area (Å²) in [6.45, 7) is 2.90. The number of aliphatic hydroxyl groups is 1. The molecule has 1 aromatic carbocycles. The number of aryl methyl sites for hydroxylation is 1. The molecule has 0 saturated carbocycles. The number of halogens is 2. The summed E-state index contributed by atoms with van der Waals surface area (Å²) in [7, 11) is 0. The molecule has 102 valence electrons. The summed E-state index contributed by atoms with van der Waals surface area (Å²) in [6.07, 6.45) is 3.85. The van der Waals surface area contributed by atoms with Gasteiger partial charge in [-0.25, -0.2) is 9.37 Å². The Balaban J connectivity index is 2.18. The number of hydrogen-bond acceptors (Lipinski definition) is 2. The maximum absolute atomic E-state index is 13.7. The number of rotatable bonds is 5. The third-order valence-electron chi connectivity index (χ3n) is 2.96. The van der Waals surface area contributed by atoms with Crippen LogP contribution in [0.25, 0.3) is 0 Å². The molecule has 0 saturated heterocycles. The number of aliphatic hydroxyl groups excluding tert-OH is 1. The fourth-order valence-corrected chi connectivity index (χ4v) is 2.21. The van der Waals surface area contributed by atoms with Crippen LogP contribution in [0.3, 0.4) is 0 Å². The number of aromatic nitrogens is 2. The molecule has 0 amide bonds. The fraction of sp³-hybridized carbons (Fsp3) is 0.357. The zero-order valence-corrected chi connectivity index (χ0v) is 11.4. The van der Waals surface area contributed by atoms with Crippen molar-refractivity contribution in [3.8, 4) is 0 Å². The van der Waals surface area contributed by atoms with Crippen LogP contribution in [0.5, 0.6) is 0 Å². The average molecular weight is 283 g/mol. The van der Waals surface area contributed by atoms with Crippen LogP contribution in [0.4, 0.5) is 4.39 Å². The second-order valence-corrected chi connectivity index (χ2v) is 4.86. The zero-order chi connectivity index (χ0) is 13.8. The van der Waals surface area contributed by atoms with Gasteiger partial charge in [-0.3, -0.25) is 0 Å². The highest BCUT2D eigenvalue weighted by Crippen LogP contribution is 2.24. The number of nitrogens with zero attached hydrogens (tertiary/aromatic N) is 2. The maximum atomic E-state index is 13.7. The first-order valence-corrected chi connectivity index (χ1v) is 6.62. The number of hydrogen-bond donors (Lipinski definition) is 1. The van der Waals surface area contributed by atoms with Crippen molar-refractivity contribution in [2.75, 3.05) is 0 Å². The Morgan fingerprint density at radius 1 is 1.47 bits per heavy atom. The SMILES string of the molecule is CCCn1ccnc1CC(O)c1cc(Cl)ccc1F. The first kappa shape index (κ1) is 14.0. The molecule has 0 spiro atoms. The molecule has 5 heteroatoms. The topological polar surface area (TPSA) is 38.0 Å². The molecule has 0 aliphatic heterocycles. The van der Waals surface area contributed by atoms with Gasteiger partial charge >= 0.3 is 0 Å². The van der Waals surface area contributed by atoms with Gasteiger partial charge in [-0.15, -0.1) is 0 Å². The van der Waals surface area contributed by atoms with Crippen LogP contribution in [0.2, 0.25) is 5.02 Å². The van der Waals surface area contributed by atoms with Crippen molar-refractivity contribution in [2.24, 2.45) is 0 Å². The summed E-state index contributed by atoms with van der Waals surface area (Å²) in [5, 5.41) is 10.5. The van der Waals surface area contributed by atoms with Gasteiger partial charge in [0.05, 0.1) is 6.10 Å². The predicted octanol–water partition coefficient (Wildman–Crippen LogP) is 3.36. The van der Waals surface area contributed by atoms with E-state index in [0.717, 1.165) is 18.8 Å². The van der Waals surface area contributed by atoms with Crippen LogP contribution in [0.15, 0.2) is 30.6 Å². The van der Waals surface area contributed by atoms with E-state index in [-0.39, 0.29) is 12.0 Å². The van der Waals surface area contributed by atoms with Gasteiger partial charge < -0.3 is 9.67 Å². The maximum Gasteiger partial charge on any atom is 0.129 e. The Morgan fingerprint density at radius 3 is 3.00 bits per heavy atom. The number of imidazole rings is 1. The van der Waals surface area contributed by atoms with E-state index in [0.29, 0.717) is 5.02 Å². The van der Waals surface area contributed by atoms with Crippen molar-refractivity contribution in [3.05, 3.63) is 52.8 Å². The Bertz CT molecular complexity index is 556. The Kier molecular flexibility index (Phi) is 4.56. The van der Waals surface area contributed by atoms with Gasteiger partial charge in [-0.05, 0) is 24.6 Å². The van der Waals surface area contributed by atoms with Gasteiger partial charge in [0.25, 0.3) is 0 Å². The monoisotopic (exact) mass is 282 g/mol. The Morgan fingerprint density at radius 2 is 2.26 bits per heavy atom. The molecule has 2 aromatic rings. The van der Waals surface area contributed by atoms with Gasteiger partial charge in [-0.2, -0.15) is 0 Å². The quantitative estimate of drug-likeness (QED) is 0.913. The lowest BCUT2D eigenvalue weighted by atomic mass is 10.1. The minimum Gasteiger partial charge on any atom is -0.388 e. The van der Waals surface area contributed by atoms with E-state index in [9.17, 15) is 9.50 Å². The summed E-state index contributed by atoms with van der Waals surface area (Å²) in [5.41, 5.74) is 0.207. The van der Waals surface area contributed by atoms with E-state index < -0.39 is 11.9 Å². The van der Waals surface area contributed by atoms with Crippen LogP contribution in [-0.4, -0.2) is 14.7 Å². The minimum atomic E-state index is -0.947. The largest absolute Gasteiger partial charge is 0.388 e. The fourth-order valence-electron chi connectivity index (χ4n) is 2.03. The van der Waals surface area contributed by atoms with E-state index >= 15 is 0 Å². The van der Waals surface area contributed by atoms with Crippen LogP contribution in [0, 0.1) is 5.82 Å². The highest BCUT2D eigenvalue weighted by atomic mass is 35.5. The lowest BCUT2D eigenvalue weighted by Gasteiger charge is -2.13. The lowest BCUT2D eigenvalue weighted by Crippen LogP contribution is -2.10. The van der Waals surface area contributed by atoms with Gasteiger partial charge in [0.1, 0.15) is 11.6 Å². The molecule has 1 atom stereocenters. The molecule has 1 aromatic heterocycles. The van der Waals surface area contributed by atoms with Gasteiger partial charge in [-0.1, -0.05) is 18.5 Å². The summed E-state index contributed by atoms with van der Waals surface area (Å²) >= 11 is 5.83. The molecule has 19 heavy (non-hydrogen) atoms. The normalized spacial score (nSPS) is 12.6. The summed E-state index contributed by atoms with van der Waals surface area (Å²) in [5.74, 6) is 0.291. The summed E-state index contributed by atoms with van der Waals surface area (Å²) in [4.78, 5) is 4.20. The highest BCUT2D eigenvalue weighted by Gasteiger charge is 2.16. The molecule has 0 aliphatic carbocycles. The molecular formula is C14H16ClFN2O. The van der Waals surface area contributed by atoms with E-state index in [1.165, 1.54) is 18.2 Å². The zero-order valence-electron chi connectivity index (χ0n) is 10.7. The molecule has 2 rings (SSSR count). The van der Waals surface area contributed by atoms with Crippen LogP contribution in [-0.2, 0) is 13.0 Å². The second-order valence-electron chi connectivity index (χ2n) is 4.42. The van der Waals surface area contributed by atoms with Crippen molar-refractivity contribution >= 4 is 11.6 Å². The van der Waals surface area contributed by atoms with E-state index in [4.69, 9.17) is 11.6 Å². The second kappa shape index (κ2) is 6.17.